The lowest BCUT2D eigenvalue weighted by Crippen LogP contribution is -2.36. The quantitative estimate of drug-likeness (QED) is 0.783. The molecule has 0 unspecified atom stereocenters. The van der Waals surface area contributed by atoms with Gasteiger partial charge in [0.2, 0.25) is 0 Å². The number of amides is 1. The number of halogens is 1. The van der Waals surface area contributed by atoms with Crippen molar-refractivity contribution in [2.24, 2.45) is 0 Å². The van der Waals surface area contributed by atoms with Crippen LogP contribution >= 0.6 is 15.9 Å². The lowest BCUT2D eigenvalue weighted by Gasteiger charge is -2.21. The summed E-state index contributed by atoms with van der Waals surface area (Å²) in [6.07, 6.45) is 1.04. The van der Waals surface area contributed by atoms with Crippen molar-refractivity contribution in [2.45, 2.75) is 26.8 Å². The molecule has 0 atom stereocenters. The first kappa shape index (κ1) is 15.5. The van der Waals surface area contributed by atoms with Crippen LogP contribution in [-0.4, -0.2) is 63.5 Å². The van der Waals surface area contributed by atoms with Crippen LogP contribution in [0.2, 0.25) is 0 Å². The third-order valence-corrected chi connectivity index (χ3v) is 4.05. The Morgan fingerprint density at radius 2 is 2.15 bits per heavy atom. The molecule has 1 aromatic rings. The van der Waals surface area contributed by atoms with Crippen molar-refractivity contribution in [1.82, 2.24) is 19.6 Å². The molecule has 0 N–H and O–H groups in total. The van der Waals surface area contributed by atoms with Crippen molar-refractivity contribution in [1.29, 1.82) is 0 Å². The number of aryl methyl sites for hydroxylation is 2. The van der Waals surface area contributed by atoms with Crippen LogP contribution < -0.4 is 0 Å². The van der Waals surface area contributed by atoms with Crippen LogP contribution in [-0.2, 0) is 6.54 Å². The summed E-state index contributed by atoms with van der Waals surface area (Å²) in [5.41, 5.74) is 1.63. The molecule has 0 aliphatic carbocycles. The summed E-state index contributed by atoms with van der Waals surface area (Å²) in [5, 5.41) is 5.35. The molecule has 112 valence electrons. The highest BCUT2D eigenvalue weighted by molar-refractivity contribution is 9.09. The molecule has 5 nitrogen and oxygen atoms in total. The number of alkyl halides is 1. The van der Waals surface area contributed by atoms with Gasteiger partial charge in [-0.3, -0.25) is 9.48 Å². The molecule has 1 fully saturated rings. The Bertz CT molecular complexity index is 460. The lowest BCUT2D eigenvalue weighted by molar-refractivity contribution is 0.0749. The van der Waals surface area contributed by atoms with Crippen LogP contribution in [0.5, 0.6) is 0 Å². The van der Waals surface area contributed by atoms with Crippen molar-refractivity contribution >= 4 is 21.8 Å². The van der Waals surface area contributed by atoms with E-state index in [1.807, 2.05) is 24.8 Å². The highest BCUT2D eigenvalue weighted by Crippen LogP contribution is 2.11. The first-order valence-electron chi connectivity index (χ1n) is 7.27. The zero-order chi connectivity index (χ0) is 14.5. The maximum Gasteiger partial charge on any atom is 0.272 e. The molecule has 2 rings (SSSR count). The van der Waals surface area contributed by atoms with E-state index < -0.39 is 0 Å². The molecule has 1 amide bonds. The van der Waals surface area contributed by atoms with Gasteiger partial charge in [0.05, 0.1) is 5.69 Å². The van der Waals surface area contributed by atoms with Crippen LogP contribution in [0.25, 0.3) is 0 Å². The zero-order valence-electron chi connectivity index (χ0n) is 12.3. The van der Waals surface area contributed by atoms with E-state index in [4.69, 9.17) is 0 Å². The predicted octanol–water partition coefficient (Wildman–Crippen LogP) is 1.75. The highest BCUT2D eigenvalue weighted by atomic mass is 79.9. The molecular weight excluding hydrogens is 320 g/mol. The van der Waals surface area contributed by atoms with Crippen molar-refractivity contribution in [3.63, 3.8) is 0 Å². The van der Waals surface area contributed by atoms with Gasteiger partial charge in [-0.2, -0.15) is 5.10 Å². The van der Waals surface area contributed by atoms with E-state index in [0.717, 1.165) is 62.4 Å². The first-order chi connectivity index (χ1) is 9.65. The van der Waals surface area contributed by atoms with Gasteiger partial charge in [-0.05, 0) is 32.9 Å². The van der Waals surface area contributed by atoms with Crippen molar-refractivity contribution in [2.75, 3.05) is 38.1 Å². The second-order valence-electron chi connectivity index (χ2n) is 5.16. The van der Waals surface area contributed by atoms with Gasteiger partial charge < -0.3 is 9.80 Å². The Hall–Kier alpha value is -0.880. The topological polar surface area (TPSA) is 41.4 Å². The van der Waals surface area contributed by atoms with Gasteiger partial charge in [0.25, 0.3) is 5.91 Å². The molecular formula is C14H23BrN4O. The van der Waals surface area contributed by atoms with E-state index in [9.17, 15) is 4.79 Å². The van der Waals surface area contributed by atoms with Crippen LogP contribution in [0.15, 0.2) is 6.07 Å². The van der Waals surface area contributed by atoms with Crippen LogP contribution in [0.3, 0.4) is 0 Å². The maximum atomic E-state index is 12.6. The van der Waals surface area contributed by atoms with Gasteiger partial charge >= 0.3 is 0 Å². The molecule has 0 aromatic carbocycles. The predicted molar refractivity (Wildman–Crippen MR) is 83.4 cm³/mol. The van der Waals surface area contributed by atoms with Crippen LogP contribution in [0.1, 0.15) is 29.5 Å². The van der Waals surface area contributed by atoms with Gasteiger partial charge in [0.15, 0.2) is 0 Å². The molecule has 0 spiro atoms. The molecule has 0 saturated carbocycles. The maximum absolute atomic E-state index is 12.6. The fourth-order valence-electron chi connectivity index (χ4n) is 2.64. The average Bonchev–Trinajstić information content (AvgIpc) is 2.66. The third-order valence-electron chi connectivity index (χ3n) is 3.70. The second kappa shape index (κ2) is 7.22. The van der Waals surface area contributed by atoms with Crippen molar-refractivity contribution in [3.8, 4) is 0 Å². The van der Waals surface area contributed by atoms with E-state index in [2.05, 4.69) is 25.9 Å². The molecule has 20 heavy (non-hydrogen) atoms. The largest absolute Gasteiger partial charge is 0.336 e. The average molecular weight is 343 g/mol. The molecule has 1 aromatic heterocycles. The zero-order valence-corrected chi connectivity index (χ0v) is 13.9. The number of rotatable bonds is 4. The minimum absolute atomic E-state index is 0.119. The molecule has 1 aliphatic heterocycles. The van der Waals surface area contributed by atoms with Gasteiger partial charge in [-0.15, -0.1) is 0 Å². The van der Waals surface area contributed by atoms with E-state index in [-0.39, 0.29) is 5.91 Å². The standard InChI is InChI=1S/C14H23BrN4O/c1-3-19-13(11-12(2)16-19)14(20)18-7-4-6-17(8-5-15)9-10-18/h11H,3-10H2,1-2H3. The summed E-state index contributed by atoms with van der Waals surface area (Å²) < 4.78 is 1.80. The monoisotopic (exact) mass is 342 g/mol. The molecule has 6 heteroatoms. The van der Waals surface area contributed by atoms with Gasteiger partial charge in [-0.25, -0.2) is 0 Å². The summed E-state index contributed by atoms with van der Waals surface area (Å²) in [5.74, 6) is 0.119. The Morgan fingerprint density at radius 3 is 2.85 bits per heavy atom. The summed E-state index contributed by atoms with van der Waals surface area (Å²) in [7, 11) is 0. The lowest BCUT2D eigenvalue weighted by atomic mass is 10.3. The third kappa shape index (κ3) is 3.61. The SMILES string of the molecule is CCn1nc(C)cc1C(=O)N1CCCN(CCBr)CC1. The fraction of sp³-hybridized carbons (Fsp3) is 0.714. The number of hydrogen-bond donors (Lipinski definition) is 0. The van der Waals surface area contributed by atoms with Crippen molar-refractivity contribution < 1.29 is 4.79 Å². The number of hydrogen-bond acceptors (Lipinski definition) is 3. The minimum atomic E-state index is 0.119. The van der Waals surface area contributed by atoms with Gasteiger partial charge in [-0.1, -0.05) is 15.9 Å². The van der Waals surface area contributed by atoms with E-state index >= 15 is 0 Å². The second-order valence-corrected chi connectivity index (χ2v) is 5.96. The Morgan fingerprint density at radius 1 is 1.35 bits per heavy atom. The Balaban J connectivity index is 2.05. The number of aromatic nitrogens is 2. The highest BCUT2D eigenvalue weighted by Gasteiger charge is 2.22. The van der Waals surface area contributed by atoms with E-state index in [1.165, 1.54) is 0 Å². The van der Waals surface area contributed by atoms with E-state index in [1.54, 1.807) is 4.68 Å². The summed E-state index contributed by atoms with van der Waals surface area (Å²) in [4.78, 5) is 17.0. The minimum Gasteiger partial charge on any atom is -0.336 e. The number of nitrogens with zero attached hydrogens (tertiary/aromatic N) is 4. The van der Waals surface area contributed by atoms with Gasteiger partial charge in [0.1, 0.15) is 5.69 Å². The molecule has 1 aliphatic rings. The van der Waals surface area contributed by atoms with Crippen molar-refractivity contribution in [3.05, 3.63) is 17.5 Å². The number of carbonyl (C=O) groups is 1. The summed E-state index contributed by atoms with van der Waals surface area (Å²) in [6, 6.07) is 1.90. The first-order valence-corrected chi connectivity index (χ1v) is 8.40. The molecule has 0 radical (unpaired) electrons. The Labute approximate surface area is 129 Å². The van der Waals surface area contributed by atoms with Crippen LogP contribution in [0, 0.1) is 6.92 Å². The summed E-state index contributed by atoms with van der Waals surface area (Å²) >= 11 is 3.48. The normalized spacial score (nSPS) is 17.2. The van der Waals surface area contributed by atoms with Gasteiger partial charge in [0, 0.05) is 38.1 Å². The fourth-order valence-corrected chi connectivity index (χ4v) is 3.14. The molecule has 0 bridgehead atoms. The smallest absolute Gasteiger partial charge is 0.272 e. The van der Waals surface area contributed by atoms with E-state index in [0.29, 0.717) is 0 Å². The molecule has 2 heterocycles. The van der Waals surface area contributed by atoms with Crippen LogP contribution in [0.4, 0.5) is 0 Å². The number of carbonyl (C=O) groups excluding carboxylic acids is 1. The molecule has 1 saturated heterocycles. The summed E-state index contributed by atoms with van der Waals surface area (Å²) in [6.45, 7) is 9.41. The Kier molecular flexibility index (Phi) is 5.60.